The first kappa shape index (κ1) is 17.2. The van der Waals surface area contributed by atoms with Crippen molar-refractivity contribution in [1.29, 1.82) is 5.26 Å². The van der Waals surface area contributed by atoms with Crippen molar-refractivity contribution in [2.24, 2.45) is 0 Å². The van der Waals surface area contributed by atoms with Gasteiger partial charge in [0.1, 0.15) is 23.5 Å². The van der Waals surface area contributed by atoms with Gasteiger partial charge in [0.15, 0.2) is 5.69 Å². The molecule has 0 saturated carbocycles. The largest absolute Gasteiger partial charge is 0.366 e. The van der Waals surface area contributed by atoms with Gasteiger partial charge in [0, 0.05) is 31.7 Å². The van der Waals surface area contributed by atoms with Gasteiger partial charge in [-0.05, 0) is 49.1 Å². The lowest BCUT2D eigenvalue weighted by atomic mass is 10.0. The third-order valence-electron chi connectivity index (χ3n) is 4.36. The van der Waals surface area contributed by atoms with E-state index >= 15 is 0 Å². The minimum absolute atomic E-state index is 0.266. The molecule has 25 heavy (non-hydrogen) atoms. The molecule has 0 bridgehead atoms. The molecule has 1 aliphatic heterocycles. The van der Waals surface area contributed by atoms with E-state index in [-0.39, 0.29) is 6.04 Å². The standard InChI is InChI=1S/C18H19F2N5/c1-12-6-18(24-23-17(12)10-21)22-16-2-4-25(5-3-16)11-13-7-14(19)9-15(20)8-13/h6-9,16H,2-5,11H2,1H3,(H,22,24). The molecule has 0 amide bonds. The number of nitriles is 1. The molecule has 130 valence electrons. The quantitative estimate of drug-likeness (QED) is 0.924. The van der Waals surface area contributed by atoms with Gasteiger partial charge in [-0.1, -0.05) is 0 Å². The second-order valence-electron chi connectivity index (χ2n) is 6.35. The van der Waals surface area contributed by atoms with E-state index in [2.05, 4.69) is 20.4 Å². The summed E-state index contributed by atoms with van der Waals surface area (Å²) in [5.41, 5.74) is 1.78. The van der Waals surface area contributed by atoms with Crippen LogP contribution in [0.5, 0.6) is 0 Å². The molecule has 0 spiro atoms. The van der Waals surface area contributed by atoms with Crippen LogP contribution in [0.3, 0.4) is 0 Å². The first-order valence-electron chi connectivity index (χ1n) is 8.22. The highest BCUT2D eigenvalue weighted by Crippen LogP contribution is 2.19. The van der Waals surface area contributed by atoms with Crippen molar-refractivity contribution >= 4 is 5.82 Å². The zero-order valence-corrected chi connectivity index (χ0v) is 14.0. The Morgan fingerprint density at radius 1 is 1.16 bits per heavy atom. The van der Waals surface area contributed by atoms with Gasteiger partial charge < -0.3 is 5.32 Å². The highest BCUT2D eigenvalue weighted by Gasteiger charge is 2.20. The molecule has 5 nitrogen and oxygen atoms in total. The predicted octanol–water partition coefficient (Wildman–Crippen LogP) is 3.01. The second kappa shape index (κ2) is 7.53. The Morgan fingerprint density at radius 2 is 1.84 bits per heavy atom. The number of rotatable bonds is 4. The van der Waals surface area contributed by atoms with E-state index in [9.17, 15) is 8.78 Å². The summed E-state index contributed by atoms with van der Waals surface area (Å²) in [7, 11) is 0. The van der Waals surface area contributed by atoms with Crippen LogP contribution in [0, 0.1) is 29.9 Å². The lowest BCUT2D eigenvalue weighted by Crippen LogP contribution is -2.38. The van der Waals surface area contributed by atoms with Crippen molar-refractivity contribution in [3.63, 3.8) is 0 Å². The van der Waals surface area contributed by atoms with Gasteiger partial charge in [0.05, 0.1) is 0 Å². The van der Waals surface area contributed by atoms with E-state index in [1.165, 1.54) is 12.1 Å². The number of hydrogen-bond acceptors (Lipinski definition) is 5. The summed E-state index contributed by atoms with van der Waals surface area (Å²) in [6.45, 7) is 4.04. The van der Waals surface area contributed by atoms with E-state index < -0.39 is 11.6 Å². The van der Waals surface area contributed by atoms with Crippen molar-refractivity contribution in [2.45, 2.75) is 32.4 Å². The molecule has 2 heterocycles. The third kappa shape index (κ3) is 4.48. The van der Waals surface area contributed by atoms with Gasteiger partial charge in [-0.15, -0.1) is 10.2 Å². The molecule has 1 aromatic carbocycles. The summed E-state index contributed by atoms with van der Waals surface area (Å²) in [6.07, 6.45) is 1.80. The average Bonchev–Trinajstić information content (AvgIpc) is 2.56. The van der Waals surface area contributed by atoms with Crippen LogP contribution in [-0.2, 0) is 6.54 Å². The maximum atomic E-state index is 13.3. The number of anilines is 1. The number of aromatic nitrogens is 2. The van der Waals surface area contributed by atoms with Gasteiger partial charge in [-0.3, -0.25) is 4.90 Å². The predicted molar refractivity (Wildman–Crippen MR) is 89.8 cm³/mol. The molecule has 7 heteroatoms. The molecule has 0 unspecified atom stereocenters. The average molecular weight is 343 g/mol. The highest BCUT2D eigenvalue weighted by molar-refractivity contribution is 5.41. The van der Waals surface area contributed by atoms with Gasteiger partial charge >= 0.3 is 0 Å². The molecular weight excluding hydrogens is 324 g/mol. The summed E-state index contributed by atoms with van der Waals surface area (Å²) in [5.74, 6) is -0.412. The summed E-state index contributed by atoms with van der Waals surface area (Å²) in [4.78, 5) is 2.18. The fourth-order valence-electron chi connectivity index (χ4n) is 3.07. The lowest BCUT2D eigenvalue weighted by molar-refractivity contribution is 0.210. The number of nitrogens with one attached hydrogen (secondary N) is 1. The van der Waals surface area contributed by atoms with Crippen LogP contribution in [0.4, 0.5) is 14.6 Å². The third-order valence-corrected chi connectivity index (χ3v) is 4.36. The number of halogens is 2. The maximum Gasteiger partial charge on any atom is 0.166 e. The summed E-state index contributed by atoms with van der Waals surface area (Å²) in [5, 5.41) is 20.2. The van der Waals surface area contributed by atoms with Crippen molar-refractivity contribution in [3.05, 3.63) is 52.7 Å². The fourth-order valence-corrected chi connectivity index (χ4v) is 3.07. The number of nitrogens with zero attached hydrogens (tertiary/aromatic N) is 4. The zero-order valence-electron chi connectivity index (χ0n) is 14.0. The van der Waals surface area contributed by atoms with Crippen LogP contribution in [-0.4, -0.2) is 34.2 Å². The van der Waals surface area contributed by atoms with Crippen molar-refractivity contribution in [2.75, 3.05) is 18.4 Å². The van der Waals surface area contributed by atoms with Crippen molar-refractivity contribution < 1.29 is 8.78 Å². The molecule has 0 aliphatic carbocycles. The van der Waals surface area contributed by atoms with E-state index in [1.807, 2.05) is 19.1 Å². The minimum atomic E-state index is -0.540. The van der Waals surface area contributed by atoms with E-state index in [4.69, 9.17) is 5.26 Å². The van der Waals surface area contributed by atoms with Crippen LogP contribution >= 0.6 is 0 Å². The Hall–Kier alpha value is -2.59. The SMILES string of the molecule is Cc1cc(NC2CCN(Cc3cc(F)cc(F)c3)CC2)nnc1C#N. The Balaban J connectivity index is 1.53. The molecule has 1 aliphatic rings. The molecule has 1 aromatic heterocycles. The fraction of sp³-hybridized carbons (Fsp3) is 0.389. The first-order chi connectivity index (χ1) is 12.0. The second-order valence-corrected chi connectivity index (χ2v) is 6.35. The maximum absolute atomic E-state index is 13.3. The smallest absolute Gasteiger partial charge is 0.166 e. The normalized spacial score (nSPS) is 15.8. The van der Waals surface area contributed by atoms with Crippen molar-refractivity contribution in [3.8, 4) is 6.07 Å². The van der Waals surface area contributed by atoms with Crippen LogP contribution in [0.15, 0.2) is 24.3 Å². The summed E-state index contributed by atoms with van der Waals surface area (Å²) < 4.78 is 26.5. The topological polar surface area (TPSA) is 64.8 Å². The minimum Gasteiger partial charge on any atom is -0.366 e. The molecule has 2 aromatic rings. The van der Waals surface area contributed by atoms with Gasteiger partial charge in [0.25, 0.3) is 0 Å². The molecule has 1 fully saturated rings. The molecule has 3 rings (SSSR count). The van der Waals surface area contributed by atoms with Crippen LogP contribution in [0.1, 0.15) is 29.7 Å². The first-order valence-corrected chi connectivity index (χ1v) is 8.22. The molecule has 0 atom stereocenters. The Labute approximate surface area is 145 Å². The number of hydrogen-bond donors (Lipinski definition) is 1. The highest BCUT2D eigenvalue weighted by atomic mass is 19.1. The Bertz CT molecular complexity index is 774. The Kier molecular flexibility index (Phi) is 5.19. The number of benzene rings is 1. The van der Waals surface area contributed by atoms with E-state index in [0.717, 1.165) is 37.6 Å². The van der Waals surface area contributed by atoms with Crippen LogP contribution < -0.4 is 5.32 Å². The number of aryl methyl sites for hydroxylation is 1. The molecule has 1 saturated heterocycles. The van der Waals surface area contributed by atoms with Crippen LogP contribution in [0.25, 0.3) is 0 Å². The van der Waals surface area contributed by atoms with Crippen LogP contribution in [0.2, 0.25) is 0 Å². The van der Waals surface area contributed by atoms with Gasteiger partial charge in [-0.25, -0.2) is 8.78 Å². The molecule has 0 radical (unpaired) electrons. The number of likely N-dealkylation sites (tertiary alicyclic amines) is 1. The van der Waals surface area contributed by atoms with E-state index in [0.29, 0.717) is 23.6 Å². The molecular formula is C18H19F2N5. The lowest BCUT2D eigenvalue weighted by Gasteiger charge is -2.32. The summed E-state index contributed by atoms with van der Waals surface area (Å²) in [6, 6.07) is 7.74. The Morgan fingerprint density at radius 3 is 2.44 bits per heavy atom. The number of piperidine rings is 1. The van der Waals surface area contributed by atoms with Crippen molar-refractivity contribution in [1.82, 2.24) is 15.1 Å². The van der Waals surface area contributed by atoms with Gasteiger partial charge in [0.2, 0.25) is 0 Å². The zero-order chi connectivity index (χ0) is 17.8. The van der Waals surface area contributed by atoms with Gasteiger partial charge in [-0.2, -0.15) is 5.26 Å². The monoisotopic (exact) mass is 343 g/mol. The van der Waals surface area contributed by atoms with E-state index in [1.54, 1.807) is 0 Å². The summed E-state index contributed by atoms with van der Waals surface area (Å²) >= 11 is 0. The molecule has 1 N–H and O–H groups in total.